The molecule has 1 aliphatic rings. The normalized spacial score (nSPS) is 18.1. The number of morpholine rings is 1. The van der Waals surface area contributed by atoms with E-state index in [0.717, 1.165) is 42.8 Å². The maximum atomic E-state index is 6.31. The predicted octanol–water partition coefficient (Wildman–Crippen LogP) is 4.20. The van der Waals surface area contributed by atoms with E-state index in [0.29, 0.717) is 11.7 Å². The number of pyridine rings is 1. The quantitative estimate of drug-likeness (QED) is 0.686. The van der Waals surface area contributed by atoms with Gasteiger partial charge in [0.25, 0.3) is 0 Å². The zero-order valence-electron chi connectivity index (χ0n) is 14.6. The summed E-state index contributed by atoms with van der Waals surface area (Å²) >= 11 is 6.31. The summed E-state index contributed by atoms with van der Waals surface area (Å²) in [5.41, 5.74) is 1.34. The molecule has 0 radical (unpaired) electrons. The number of fused-ring (bicyclic) bond motifs is 1. The third-order valence-electron chi connectivity index (χ3n) is 4.68. The molecule has 1 saturated heterocycles. The minimum Gasteiger partial charge on any atom is -0.374 e. The molecule has 1 unspecified atom stereocenters. The molecule has 1 aromatic heterocycles. The van der Waals surface area contributed by atoms with Gasteiger partial charge in [0.05, 0.1) is 12.7 Å². The van der Waals surface area contributed by atoms with Crippen LogP contribution < -0.4 is 5.32 Å². The minimum absolute atomic E-state index is 0.138. The highest BCUT2D eigenvalue weighted by Crippen LogP contribution is 2.24. The van der Waals surface area contributed by atoms with Gasteiger partial charge >= 0.3 is 0 Å². The van der Waals surface area contributed by atoms with E-state index in [-0.39, 0.29) is 6.10 Å². The van der Waals surface area contributed by atoms with Crippen molar-refractivity contribution in [3.8, 4) is 0 Å². The van der Waals surface area contributed by atoms with Crippen LogP contribution in [0.2, 0.25) is 5.15 Å². The lowest BCUT2D eigenvalue weighted by Gasteiger charge is -2.33. The molecule has 1 N–H and O–H groups in total. The molecule has 134 valence electrons. The fourth-order valence-corrected chi connectivity index (χ4v) is 3.62. The fraction of sp³-hybridized carbons (Fsp3) is 0.286. The summed E-state index contributed by atoms with van der Waals surface area (Å²) in [6, 6.07) is 20.6. The third-order valence-corrected chi connectivity index (χ3v) is 4.96. The van der Waals surface area contributed by atoms with Crippen molar-refractivity contribution < 1.29 is 4.74 Å². The molecule has 0 saturated carbocycles. The van der Waals surface area contributed by atoms with Gasteiger partial charge in [-0.15, -0.1) is 0 Å². The van der Waals surface area contributed by atoms with Crippen LogP contribution in [0, 0.1) is 0 Å². The molecule has 1 atom stereocenters. The number of hydrogen-bond acceptors (Lipinski definition) is 4. The Balaban J connectivity index is 1.37. The van der Waals surface area contributed by atoms with Crippen LogP contribution >= 0.6 is 11.6 Å². The Labute approximate surface area is 158 Å². The average Bonchev–Trinajstić information content (AvgIpc) is 2.68. The number of nitrogens with zero attached hydrogens (tertiary/aromatic N) is 2. The Kier molecular flexibility index (Phi) is 5.34. The largest absolute Gasteiger partial charge is 0.374 e. The van der Waals surface area contributed by atoms with E-state index in [1.54, 1.807) is 0 Å². The van der Waals surface area contributed by atoms with Gasteiger partial charge in [-0.05, 0) is 17.0 Å². The summed E-state index contributed by atoms with van der Waals surface area (Å²) < 4.78 is 5.92. The molecule has 5 heteroatoms. The van der Waals surface area contributed by atoms with Crippen molar-refractivity contribution in [1.29, 1.82) is 0 Å². The summed E-state index contributed by atoms with van der Waals surface area (Å²) in [6.07, 6.45) is 0.138. The van der Waals surface area contributed by atoms with Crippen LogP contribution in [-0.2, 0) is 11.3 Å². The van der Waals surface area contributed by atoms with Crippen LogP contribution in [0.5, 0.6) is 0 Å². The molecule has 26 heavy (non-hydrogen) atoms. The van der Waals surface area contributed by atoms with E-state index in [4.69, 9.17) is 16.3 Å². The van der Waals surface area contributed by atoms with Gasteiger partial charge < -0.3 is 10.1 Å². The Morgan fingerprint density at radius 2 is 1.92 bits per heavy atom. The second-order valence-electron chi connectivity index (χ2n) is 6.61. The van der Waals surface area contributed by atoms with Gasteiger partial charge in [0.15, 0.2) is 0 Å². The highest BCUT2D eigenvalue weighted by molar-refractivity contribution is 6.34. The first-order chi connectivity index (χ1) is 12.8. The second-order valence-corrected chi connectivity index (χ2v) is 6.97. The van der Waals surface area contributed by atoms with Crippen LogP contribution in [0.4, 0.5) is 5.82 Å². The van der Waals surface area contributed by atoms with Crippen molar-refractivity contribution >= 4 is 28.2 Å². The standard InChI is InChI=1S/C21H22ClN3O/c22-21-19-9-5-4-8-17(19)12-20(24-21)23-13-18-15-25(10-11-26-18)14-16-6-2-1-3-7-16/h1-9,12,18H,10-11,13-15H2,(H,23,24). The highest BCUT2D eigenvalue weighted by Gasteiger charge is 2.20. The summed E-state index contributed by atoms with van der Waals surface area (Å²) in [4.78, 5) is 6.89. The van der Waals surface area contributed by atoms with Gasteiger partial charge in [-0.3, -0.25) is 4.90 Å². The molecule has 0 aliphatic carbocycles. The molecular weight excluding hydrogens is 346 g/mol. The fourth-order valence-electron chi connectivity index (χ4n) is 3.35. The summed E-state index contributed by atoms with van der Waals surface area (Å²) in [5, 5.41) is 5.98. The first-order valence-corrected chi connectivity index (χ1v) is 9.33. The molecule has 4 nitrogen and oxygen atoms in total. The molecule has 3 aromatic rings. The van der Waals surface area contributed by atoms with Gasteiger partial charge in [-0.1, -0.05) is 66.2 Å². The monoisotopic (exact) mass is 367 g/mol. The number of hydrogen-bond donors (Lipinski definition) is 1. The third kappa shape index (κ3) is 4.15. The van der Waals surface area contributed by atoms with Crippen LogP contribution in [-0.4, -0.2) is 42.2 Å². The minimum atomic E-state index is 0.138. The number of halogens is 1. The number of benzene rings is 2. The molecule has 4 rings (SSSR count). The van der Waals surface area contributed by atoms with Gasteiger partial charge in [0.2, 0.25) is 0 Å². The smallest absolute Gasteiger partial charge is 0.139 e. The Hall–Kier alpha value is -2.14. The predicted molar refractivity (Wildman–Crippen MR) is 107 cm³/mol. The lowest BCUT2D eigenvalue weighted by molar-refractivity contribution is -0.0240. The van der Waals surface area contributed by atoms with E-state index in [9.17, 15) is 0 Å². The van der Waals surface area contributed by atoms with Crippen molar-refractivity contribution in [2.24, 2.45) is 0 Å². The number of nitrogens with one attached hydrogen (secondary N) is 1. The second kappa shape index (κ2) is 8.04. The Bertz CT molecular complexity index is 872. The number of rotatable bonds is 5. The molecule has 1 fully saturated rings. The summed E-state index contributed by atoms with van der Waals surface area (Å²) in [7, 11) is 0. The van der Waals surface area contributed by atoms with Crippen molar-refractivity contribution in [2.75, 3.05) is 31.6 Å². The highest BCUT2D eigenvalue weighted by atomic mass is 35.5. The molecule has 2 heterocycles. The lowest BCUT2D eigenvalue weighted by Crippen LogP contribution is -2.44. The first kappa shape index (κ1) is 17.3. The SMILES string of the molecule is Clc1nc(NCC2CN(Cc3ccccc3)CCO2)cc2ccccc12. The van der Waals surface area contributed by atoms with Gasteiger partial charge in [-0.25, -0.2) is 4.98 Å². The molecule has 1 aliphatic heterocycles. The molecule has 0 spiro atoms. The number of ether oxygens (including phenoxy) is 1. The van der Waals surface area contributed by atoms with Crippen molar-refractivity contribution in [3.05, 3.63) is 71.4 Å². The van der Waals surface area contributed by atoms with E-state index >= 15 is 0 Å². The van der Waals surface area contributed by atoms with Crippen molar-refractivity contribution in [1.82, 2.24) is 9.88 Å². The maximum absolute atomic E-state index is 6.31. The van der Waals surface area contributed by atoms with Crippen molar-refractivity contribution in [3.63, 3.8) is 0 Å². The summed E-state index contributed by atoms with van der Waals surface area (Å²) in [6.45, 7) is 4.30. The van der Waals surface area contributed by atoms with Gasteiger partial charge in [0.1, 0.15) is 11.0 Å². The molecule has 0 bridgehead atoms. The van der Waals surface area contributed by atoms with Crippen LogP contribution in [0.25, 0.3) is 10.8 Å². The van der Waals surface area contributed by atoms with Crippen LogP contribution in [0.15, 0.2) is 60.7 Å². The molecule has 0 amide bonds. The van der Waals surface area contributed by atoms with E-state index < -0.39 is 0 Å². The summed E-state index contributed by atoms with van der Waals surface area (Å²) in [5.74, 6) is 0.789. The van der Waals surface area contributed by atoms with Gasteiger partial charge in [0, 0.05) is 31.6 Å². The van der Waals surface area contributed by atoms with Crippen molar-refractivity contribution in [2.45, 2.75) is 12.6 Å². The van der Waals surface area contributed by atoms with E-state index in [1.807, 2.05) is 30.3 Å². The maximum Gasteiger partial charge on any atom is 0.139 e. The zero-order valence-corrected chi connectivity index (χ0v) is 15.3. The number of anilines is 1. The van der Waals surface area contributed by atoms with Crippen LogP contribution in [0.1, 0.15) is 5.56 Å². The lowest BCUT2D eigenvalue weighted by atomic mass is 10.1. The molecular formula is C21H22ClN3O. The zero-order chi connectivity index (χ0) is 17.8. The van der Waals surface area contributed by atoms with Crippen LogP contribution in [0.3, 0.4) is 0 Å². The van der Waals surface area contributed by atoms with E-state index in [1.165, 1.54) is 5.56 Å². The molecule has 2 aromatic carbocycles. The first-order valence-electron chi connectivity index (χ1n) is 8.95. The van der Waals surface area contributed by atoms with Gasteiger partial charge in [-0.2, -0.15) is 0 Å². The Morgan fingerprint density at radius 3 is 2.81 bits per heavy atom. The van der Waals surface area contributed by atoms with E-state index in [2.05, 4.69) is 45.5 Å². The average molecular weight is 368 g/mol. The topological polar surface area (TPSA) is 37.4 Å². The number of aromatic nitrogens is 1. The Morgan fingerprint density at radius 1 is 1.12 bits per heavy atom.